The first kappa shape index (κ1) is 15.9. The van der Waals surface area contributed by atoms with Crippen molar-refractivity contribution in [2.45, 2.75) is 33.2 Å². The van der Waals surface area contributed by atoms with E-state index in [4.69, 9.17) is 5.11 Å². The lowest BCUT2D eigenvalue weighted by Crippen LogP contribution is -2.38. The molecule has 0 aliphatic carbocycles. The highest BCUT2D eigenvalue weighted by Crippen LogP contribution is 2.16. The smallest absolute Gasteiger partial charge is 0.305 e. The average Bonchev–Trinajstić information content (AvgIpc) is 2.31. The summed E-state index contributed by atoms with van der Waals surface area (Å²) in [5.74, 6) is -1.01. The highest BCUT2D eigenvalue weighted by atomic mass is 127. The molecular formula is C14H18INO3. The Hall–Kier alpha value is -1.11. The average molecular weight is 375 g/mol. The van der Waals surface area contributed by atoms with Gasteiger partial charge in [0.05, 0.1) is 6.42 Å². The number of rotatable bonds is 5. The number of carboxylic acid groups (broad SMARTS) is 1. The zero-order valence-corrected chi connectivity index (χ0v) is 13.5. The minimum Gasteiger partial charge on any atom is -0.481 e. The predicted molar refractivity (Wildman–Crippen MR) is 82.3 cm³/mol. The second-order valence-electron chi connectivity index (χ2n) is 4.70. The lowest BCUT2D eigenvalue weighted by molar-refractivity contribution is -0.137. The van der Waals surface area contributed by atoms with Crippen molar-refractivity contribution in [2.75, 3.05) is 6.54 Å². The summed E-state index contributed by atoms with van der Waals surface area (Å²) in [6, 6.07) is 5.51. The standard InChI is InChI=1S/C14H18INO3/c1-9(2)16(7-6-13(17)18)14(19)11-5-4-10(3)12(15)8-11/h4-5,8-9H,6-7H2,1-3H3,(H,17,18). The third kappa shape index (κ3) is 4.49. The molecule has 1 rings (SSSR count). The van der Waals surface area contributed by atoms with Crippen LogP contribution in [0, 0.1) is 10.5 Å². The van der Waals surface area contributed by atoms with E-state index in [-0.39, 0.29) is 24.9 Å². The number of aliphatic carboxylic acids is 1. The molecule has 0 radical (unpaired) electrons. The number of carbonyl (C=O) groups excluding carboxylic acids is 1. The van der Waals surface area contributed by atoms with E-state index < -0.39 is 5.97 Å². The summed E-state index contributed by atoms with van der Waals surface area (Å²) >= 11 is 2.19. The van der Waals surface area contributed by atoms with Crippen LogP contribution >= 0.6 is 22.6 Å². The third-order valence-electron chi connectivity index (χ3n) is 2.87. The molecule has 0 bridgehead atoms. The number of halogens is 1. The van der Waals surface area contributed by atoms with Crippen LogP contribution in [0.2, 0.25) is 0 Å². The van der Waals surface area contributed by atoms with E-state index in [2.05, 4.69) is 22.6 Å². The summed E-state index contributed by atoms with van der Waals surface area (Å²) in [6.07, 6.45) is -0.0348. The highest BCUT2D eigenvalue weighted by Gasteiger charge is 2.19. The maximum atomic E-state index is 12.4. The molecule has 0 unspecified atom stereocenters. The molecule has 0 heterocycles. The van der Waals surface area contributed by atoms with Crippen LogP contribution in [0.3, 0.4) is 0 Å². The Kier molecular flexibility index (Phi) is 5.78. The molecule has 5 heteroatoms. The van der Waals surface area contributed by atoms with Gasteiger partial charge in [0.1, 0.15) is 0 Å². The maximum absolute atomic E-state index is 12.4. The first-order valence-corrected chi connectivity index (χ1v) is 7.19. The van der Waals surface area contributed by atoms with Crippen LogP contribution in [0.15, 0.2) is 18.2 Å². The Bertz CT molecular complexity index is 486. The van der Waals surface area contributed by atoms with E-state index >= 15 is 0 Å². The first-order valence-electron chi connectivity index (χ1n) is 6.12. The van der Waals surface area contributed by atoms with Crippen LogP contribution in [0.4, 0.5) is 0 Å². The second-order valence-corrected chi connectivity index (χ2v) is 5.86. The number of nitrogens with zero attached hydrogens (tertiary/aromatic N) is 1. The zero-order valence-electron chi connectivity index (χ0n) is 11.3. The van der Waals surface area contributed by atoms with Gasteiger partial charge in [0.15, 0.2) is 0 Å². The summed E-state index contributed by atoms with van der Waals surface area (Å²) in [5, 5.41) is 8.74. The summed E-state index contributed by atoms with van der Waals surface area (Å²) < 4.78 is 1.03. The van der Waals surface area contributed by atoms with Crippen molar-refractivity contribution < 1.29 is 14.7 Å². The van der Waals surface area contributed by atoms with Gasteiger partial charge in [-0.25, -0.2) is 0 Å². The number of carbonyl (C=O) groups is 2. The van der Waals surface area contributed by atoms with E-state index in [0.29, 0.717) is 5.56 Å². The number of benzene rings is 1. The van der Waals surface area contributed by atoms with Crippen molar-refractivity contribution in [3.8, 4) is 0 Å². The van der Waals surface area contributed by atoms with Gasteiger partial charge in [-0.3, -0.25) is 9.59 Å². The zero-order chi connectivity index (χ0) is 14.6. The molecule has 4 nitrogen and oxygen atoms in total. The van der Waals surface area contributed by atoms with Crippen LogP contribution in [0.5, 0.6) is 0 Å². The Morgan fingerprint density at radius 2 is 2.00 bits per heavy atom. The van der Waals surface area contributed by atoms with E-state index in [1.165, 1.54) is 0 Å². The fourth-order valence-electron chi connectivity index (χ4n) is 1.70. The Morgan fingerprint density at radius 1 is 1.37 bits per heavy atom. The van der Waals surface area contributed by atoms with Crippen LogP contribution in [-0.2, 0) is 4.79 Å². The van der Waals surface area contributed by atoms with Crippen molar-refractivity contribution in [3.05, 3.63) is 32.9 Å². The van der Waals surface area contributed by atoms with Crippen LogP contribution in [-0.4, -0.2) is 34.5 Å². The van der Waals surface area contributed by atoms with Gasteiger partial charge in [-0.2, -0.15) is 0 Å². The van der Waals surface area contributed by atoms with Crippen molar-refractivity contribution in [2.24, 2.45) is 0 Å². The van der Waals surface area contributed by atoms with E-state index in [9.17, 15) is 9.59 Å². The molecule has 1 aromatic rings. The first-order chi connectivity index (χ1) is 8.82. The van der Waals surface area contributed by atoms with Crippen LogP contribution in [0.1, 0.15) is 36.2 Å². The molecule has 19 heavy (non-hydrogen) atoms. The van der Waals surface area contributed by atoms with E-state index in [1.807, 2.05) is 32.9 Å². The van der Waals surface area contributed by atoms with Gasteiger partial charge < -0.3 is 10.0 Å². The monoisotopic (exact) mass is 375 g/mol. The van der Waals surface area contributed by atoms with Gasteiger partial charge in [0, 0.05) is 21.7 Å². The lowest BCUT2D eigenvalue weighted by atomic mass is 10.1. The van der Waals surface area contributed by atoms with Gasteiger partial charge in [0.2, 0.25) is 0 Å². The summed E-state index contributed by atoms with van der Waals surface area (Å²) in [4.78, 5) is 24.6. The molecular weight excluding hydrogens is 357 g/mol. The molecule has 0 aliphatic rings. The van der Waals surface area contributed by atoms with Crippen molar-refractivity contribution in [1.29, 1.82) is 0 Å². The molecule has 1 aromatic carbocycles. The van der Waals surface area contributed by atoms with Gasteiger partial charge in [0.25, 0.3) is 5.91 Å². The molecule has 0 aliphatic heterocycles. The molecule has 0 spiro atoms. The number of amides is 1. The molecule has 1 amide bonds. The highest BCUT2D eigenvalue weighted by molar-refractivity contribution is 14.1. The van der Waals surface area contributed by atoms with Crippen molar-refractivity contribution in [3.63, 3.8) is 0 Å². The normalized spacial score (nSPS) is 10.6. The summed E-state index contributed by atoms with van der Waals surface area (Å²) in [7, 11) is 0. The molecule has 104 valence electrons. The Morgan fingerprint density at radius 3 is 2.47 bits per heavy atom. The number of hydrogen-bond donors (Lipinski definition) is 1. The minimum absolute atomic E-state index is 0.0224. The van der Waals surface area contributed by atoms with Crippen LogP contribution in [0.25, 0.3) is 0 Å². The van der Waals surface area contributed by atoms with Gasteiger partial charge in [-0.1, -0.05) is 6.07 Å². The largest absolute Gasteiger partial charge is 0.481 e. The molecule has 0 aromatic heterocycles. The third-order valence-corrected chi connectivity index (χ3v) is 4.03. The van der Waals surface area contributed by atoms with Gasteiger partial charge in [-0.15, -0.1) is 0 Å². The Balaban J connectivity index is 2.92. The topological polar surface area (TPSA) is 57.6 Å². The Labute approximate surface area is 126 Å². The van der Waals surface area contributed by atoms with Crippen molar-refractivity contribution >= 4 is 34.5 Å². The SMILES string of the molecule is Cc1ccc(C(=O)N(CCC(=O)O)C(C)C)cc1I. The van der Waals surface area contributed by atoms with Crippen molar-refractivity contribution in [1.82, 2.24) is 4.90 Å². The molecule has 0 fully saturated rings. The summed E-state index contributed by atoms with van der Waals surface area (Å²) in [6.45, 7) is 5.99. The predicted octanol–water partition coefficient (Wildman–Crippen LogP) is 2.92. The van der Waals surface area contributed by atoms with E-state index in [1.54, 1.807) is 11.0 Å². The maximum Gasteiger partial charge on any atom is 0.305 e. The molecule has 0 saturated heterocycles. The number of carboxylic acids is 1. The van der Waals surface area contributed by atoms with Gasteiger partial charge >= 0.3 is 5.97 Å². The lowest BCUT2D eigenvalue weighted by Gasteiger charge is -2.26. The molecule has 1 N–H and O–H groups in total. The molecule has 0 atom stereocenters. The quantitative estimate of drug-likeness (QED) is 0.806. The summed E-state index contributed by atoms with van der Waals surface area (Å²) in [5.41, 5.74) is 1.73. The number of aryl methyl sites for hydroxylation is 1. The fourth-order valence-corrected chi connectivity index (χ4v) is 2.22. The molecule has 0 saturated carbocycles. The minimum atomic E-state index is -0.892. The van der Waals surface area contributed by atoms with Crippen LogP contribution < -0.4 is 0 Å². The fraction of sp³-hybridized carbons (Fsp3) is 0.429. The van der Waals surface area contributed by atoms with E-state index in [0.717, 1.165) is 9.13 Å². The number of hydrogen-bond acceptors (Lipinski definition) is 2. The second kappa shape index (κ2) is 6.88. The van der Waals surface area contributed by atoms with Gasteiger partial charge in [-0.05, 0) is 61.1 Å².